The van der Waals surface area contributed by atoms with Crippen LogP contribution in [-0.2, 0) is 6.54 Å². The quantitative estimate of drug-likeness (QED) is 0.791. The van der Waals surface area contributed by atoms with Crippen LogP contribution in [0.3, 0.4) is 0 Å². The van der Waals surface area contributed by atoms with E-state index in [4.69, 9.17) is 11.6 Å². The minimum atomic E-state index is 0.0274. The molecule has 0 aliphatic rings. The minimum Gasteiger partial charge on any atom is -0.310 e. The molecular weight excluding hydrogens is 318 g/mol. The molecule has 90 valence electrons. The van der Waals surface area contributed by atoms with Crippen molar-refractivity contribution in [2.45, 2.75) is 11.9 Å². The van der Waals surface area contributed by atoms with Gasteiger partial charge in [-0.3, -0.25) is 0 Å². The van der Waals surface area contributed by atoms with Gasteiger partial charge in [0.15, 0.2) is 0 Å². The fourth-order valence-corrected chi connectivity index (χ4v) is 3.26. The molecule has 0 spiro atoms. The summed E-state index contributed by atoms with van der Waals surface area (Å²) in [5.74, 6) is 0. The Morgan fingerprint density at radius 1 is 1.18 bits per heavy atom. The monoisotopic (exact) mass is 329 g/mol. The summed E-state index contributed by atoms with van der Waals surface area (Å²) in [5, 5.41) is 3.40. The molecule has 0 saturated heterocycles. The third kappa shape index (κ3) is 4.11. The van der Waals surface area contributed by atoms with Crippen molar-refractivity contribution in [1.82, 2.24) is 5.32 Å². The lowest BCUT2D eigenvalue weighted by Crippen LogP contribution is -2.17. The van der Waals surface area contributed by atoms with Gasteiger partial charge in [0.1, 0.15) is 0 Å². The summed E-state index contributed by atoms with van der Waals surface area (Å²) in [7, 11) is 0. The fourth-order valence-electron chi connectivity index (χ4n) is 1.55. The molecule has 17 heavy (non-hydrogen) atoms. The van der Waals surface area contributed by atoms with Crippen LogP contribution < -0.4 is 5.32 Å². The molecule has 1 nitrogen and oxygen atoms in total. The van der Waals surface area contributed by atoms with Gasteiger partial charge in [-0.15, -0.1) is 22.9 Å². The normalized spacial score (nSPS) is 12.6. The molecule has 0 fully saturated rings. The molecule has 0 aliphatic carbocycles. The van der Waals surface area contributed by atoms with Crippen molar-refractivity contribution in [3.05, 3.63) is 56.7 Å². The molecular formula is C13H13BrClNS. The van der Waals surface area contributed by atoms with Crippen LogP contribution >= 0.6 is 38.9 Å². The van der Waals surface area contributed by atoms with Gasteiger partial charge in [-0.25, -0.2) is 0 Å². The molecule has 1 heterocycles. The first kappa shape index (κ1) is 13.1. The number of benzene rings is 1. The van der Waals surface area contributed by atoms with E-state index in [1.165, 1.54) is 8.66 Å². The molecule has 0 radical (unpaired) electrons. The lowest BCUT2D eigenvalue weighted by Gasteiger charge is -2.10. The largest absolute Gasteiger partial charge is 0.310 e. The Bertz CT molecular complexity index is 457. The molecule has 1 aromatic carbocycles. The van der Waals surface area contributed by atoms with Crippen LogP contribution in [0.25, 0.3) is 0 Å². The standard InChI is InChI=1S/C13H13BrClNS/c14-13-7-6-11(17-13)8-16-9-12(15)10-4-2-1-3-5-10/h1-7,12,16H,8-9H2. The number of rotatable bonds is 5. The van der Waals surface area contributed by atoms with Crippen molar-refractivity contribution in [3.63, 3.8) is 0 Å². The third-order valence-electron chi connectivity index (χ3n) is 2.41. The summed E-state index contributed by atoms with van der Waals surface area (Å²) in [6.07, 6.45) is 0. The second-order valence-corrected chi connectivity index (χ2v) is 6.79. The highest BCUT2D eigenvalue weighted by molar-refractivity contribution is 9.11. The van der Waals surface area contributed by atoms with Crippen molar-refractivity contribution in [2.75, 3.05) is 6.54 Å². The Hall–Kier alpha value is -0.350. The first-order chi connectivity index (χ1) is 8.25. The SMILES string of the molecule is ClC(CNCc1ccc(Br)s1)c1ccccc1. The van der Waals surface area contributed by atoms with E-state index in [1.807, 2.05) is 18.2 Å². The maximum absolute atomic E-state index is 6.31. The minimum absolute atomic E-state index is 0.0274. The number of hydrogen-bond donors (Lipinski definition) is 1. The van der Waals surface area contributed by atoms with E-state index >= 15 is 0 Å². The highest BCUT2D eigenvalue weighted by Crippen LogP contribution is 2.22. The van der Waals surface area contributed by atoms with Gasteiger partial charge in [0.05, 0.1) is 9.16 Å². The maximum atomic E-state index is 6.31. The number of nitrogens with one attached hydrogen (secondary N) is 1. The Morgan fingerprint density at radius 2 is 1.94 bits per heavy atom. The molecule has 1 N–H and O–H groups in total. The van der Waals surface area contributed by atoms with E-state index in [0.717, 1.165) is 18.7 Å². The molecule has 0 saturated carbocycles. The number of halogens is 2. The van der Waals surface area contributed by atoms with Gasteiger partial charge in [0, 0.05) is 18.0 Å². The second-order valence-electron chi connectivity index (χ2n) is 3.71. The van der Waals surface area contributed by atoms with E-state index in [9.17, 15) is 0 Å². The summed E-state index contributed by atoms with van der Waals surface area (Å²) in [5.41, 5.74) is 1.16. The molecule has 1 unspecified atom stereocenters. The zero-order valence-electron chi connectivity index (χ0n) is 9.20. The number of thiophene rings is 1. The lowest BCUT2D eigenvalue weighted by molar-refractivity contribution is 0.681. The molecule has 2 rings (SSSR count). The Balaban J connectivity index is 1.79. The van der Waals surface area contributed by atoms with Crippen LogP contribution in [0.4, 0.5) is 0 Å². The zero-order valence-corrected chi connectivity index (χ0v) is 12.4. The Labute approximate surface area is 119 Å². The topological polar surface area (TPSA) is 12.0 Å². The van der Waals surface area contributed by atoms with Gasteiger partial charge in [-0.1, -0.05) is 30.3 Å². The van der Waals surface area contributed by atoms with Crippen LogP contribution in [0.2, 0.25) is 0 Å². The lowest BCUT2D eigenvalue weighted by atomic mass is 10.1. The van der Waals surface area contributed by atoms with Crippen LogP contribution in [-0.4, -0.2) is 6.54 Å². The number of alkyl halides is 1. The molecule has 0 aliphatic heterocycles. The van der Waals surface area contributed by atoms with Crippen LogP contribution in [0.15, 0.2) is 46.3 Å². The summed E-state index contributed by atoms with van der Waals surface area (Å²) >= 11 is 11.5. The summed E-state index contributed by atoms with van der Waals surface area (Å²) < 4.78 is 1.17. The average molecular weight is 331 g/mol. The molecule has 2 aromatic rings. The van der Waals surface area contributed by atoms with Crippen LogP contribution in [0.5, 0.6) is 0 Å². The maximum Gasteiger partial charge on any atom is 0.0709 e. The molecule has 4 heteroatoms. The fraction of sp³-hybridized carbons (Fsp3) is 0.231. The average Bonchev–Trinajstić information content (AvgIpc) is 2.76. The zero-order chi connectivity index (χ0) is 12.1. The highest BCUT2D eigenvalue weighted by atomic mass is 79.9. The van der Waals surface area contributed by atoms with E-state index in [1.54, 1.807) is 11.3 Å². The summed E-state index contributed by atoms with van der Waals surface area (Å²) in [6.45, 7) is 1.65. The third-order valence-corrected chi connectivity index (χ3v) is 4.44. The molecule has 1 aromatic heterocycles. The van der Waals surface area contributed by atoms with Crippen LogP contribution in [0, 0.1) is 0 Å². The Kier molecular flexibility index (Phi) is 5.04. The van der Waals surface area contributed by atoms with Gasteiger partial charge in [0.2, 0.25) is 0 Å². The smallest absolute Gasteiger partial charge is 0.0709 e. The Morgan fingerprint density at radius 3 is 2.59 bits per heavy atom. The first-order valence-electron chi connectivity index (χ1n) is 5.39. The van der Waals surface area contributed by atoms with E-state index in [2.05, 4.69) is 45.5 Å². The summed E-state index contributed by atoms with van der Waals surface area (Å²) in [4.78, 5) is 1.31. The van der Waals surface area contributed by atoms with E-state index in [-0.39, 0.29) is 5.38 Å². The van der Waals surface area contributed by atoms with Gasteiger partial charge in [0.25, 0.3) is 0 Å². The van der Waals surface area contributed by atoms with Crippen molar-refractivity contribution in [3.8, 4) is 0 Å². The van der Waals surface area contributed by atoms with Gasteiger partial charge in [-0.2, -0.15) is 0 Å². The van der Waals surface area contributed by atoms with Gasteiger partial charge < -0.3 is 5.32 Å². The van der Waals surface area contributed by atoms with Crippen molar-refractivity contribution in [1.29, 1.82) is 0 Å². The van der Waals surface area contributed by atoms with E-state index in [0.29, 0.717) is 0 Å². The molecule has 1 atom stereocenters. The first-order valence-corrected chi connectivity index (χ1v) is 7.44. The predicted octanol–water partition coefficient (Wildman–Crippen LogP) is 4.58. The highest BCUT2D eigenvalue weighted by Gasteiger charge is 2.06. The van der Waals surface area contributed by atoms with Gasteiger partial charge in [-0.05, 0) is 33.6 Å². The van der Waals surface area contributed by atoms with Crippen LogP contribution in [0.1, 0.15) is 15.8 Å². The molecule has 0 amide bonds. The van der Waals surface area contributed by atoms with Crippen molar-refractivity contribution in [2.24, 2.45) is 0 Å². The summed E-state index contributed by atoms with van der Waals surface area (Å²) in [6, 6.07) is 14.3. The second kappa shape index (κ2) is 6.55. The van der Waals surface area contributed by atoms with Crippen molar-refractivity contribution >= 4 is 38.9 Å². The van der Waals surface area contributed by atoms with Gasteiger partial charge >= 0.3 is 0 Å². The predicted molar refractivity (Wildman–Crippen MR) is 78.8 cm³/mol. The number of hydrogen-bond acceptors (Lipinski definition) is 2. The molecule has 0 bridgehead atoms. The van der Waals surface area contributed by atoms with E-state index < -0.39 is 0 Å². The van der Waals surface area contributed by atoms with Crippen molar-refractivity contribution < 1.29 is 0 Å².